The SMILES string of the molecule is O=C(COc1c(Br)cc(C=Nn2c(-c3cccc(C(F)(F)F)c3)nc3ccccc3c2=O)cc1[N+](=O)[O-])Nc1ccc(F)cc1. The van der Waals surface area contributed by atoms with Gasteiger partial charge >= 0.3 is 11.9 Å². The summed E-state index contributed by atoms with van der Waals surface area (Å²) in [5.74, 6) is -1.64. The van der Waals surface area contributed by atoms with E-state index in [1.54, 1.807) is 12.1 Å². The van der Waals surface area contributed by atoms with Crippen molar-refractivity contribution in [1.29, 1.82) is 0 Å². The van der Waals surface area contributed by atoms with E-state index >= 15 is 0 Å². The maximum absolute atomic E-state index is 13.4. The number of rotatable bonds is 8. The minimum atomic E-state index is -4.65. The van der Waals surface area contributed by atoms with Crippen molar-refractivity contribution in [2.24, 2.45) is 5.10 Å². The van der Waals surface area contributed by atoms with Crippen molar-refractivity contribution in [3.8, 4) is 17.1 Å². The standard InChI is InChI=1S/C30H18BrF4N5O5/c31-23-12-17(13-25(40(43)44)27(23)45-16-26(41)37-21-10-8-20(32)9-11-21)15-36-39-28(18-4-3-5-19(14-18)30(33,34)35)38-24-7-2-1-6-22(24)29(39)42/h1-15H,16H2,(H,37,41). The minimum absolute atomic E-state index is 0.0420. The number of anilines is 1. The summed E-state index contributed by atoms with van der Waals surface area (Å²) in [5, 5.41) is 18.6. The number of hydrogen-bond donors (Lipinski definition) is 1. The van der Waals surface area contributed by atoms with Gasteiger partial charge in [0, 0.05) is 22.9 Å². The first-order valence-corrected chi connectivity index (χ1v) is 13.6. The van der Waals surface area contributed by atoms with Crippen LogP contribution in [0.4, 0.5) is 28.9 Å². The lowest BCUT2D eigenvalue weighted by molar-refractivity contribution is -0.385. The van der Waals surface area contributed by atoms with E-state index in [0.29, 0.717) is 0 Å². The van der Waals surface area contributed by atoms with Crippen LogP contribution in [0.5, 0.6) is 5.75 Å². The van der Waals surface area contributed by atoms with Gasteiger partial charge in [-0.3, -0.25) is 19.7 Å². The van der Waals surface area contributed by atoms with E-state index in [4.69, 9.17) is 4.74 Å². The van der Waals surface area contributed by atoms with E-state index in [1.165, 1.54) is 42.5 Å². The van der Waals surface area contributed by atoms with Crippen molar-refractivity contribution >= 4 is 50.3 Å². The molecule has 0 saturated heterocycles. The van der Waals surface area contributed by atoms with E-state index in [2.05, 4.69) is 31.3 Å². The molecule has 0 radical (unpaired) electrons. The number of alkyl halides is 3. The lowest BCUT2D eigenvalue weighted by Crippen LogP contribution is -2.21. The van der Waals surface area contributed by atoms with Crippen molar-refractivity contribution in [2.45, 2.75) is 6.18 Å². The van der Waals surface area contributed by atoms with Gasteiger partial charge in [-0.05, 0) is 70.5 Å². The van der Waals surface area contributed by atoms with Gasteiger partial charge in [0.2, 0.25) is 5.75 Å². The number of carbonyl (C=O) groups is 1. The maximum atomic E-state index is 13.4. The van der Waals surface area contributed by atoms with Crippen molar-refractivity contribution < 1.29 is 32.0 Å². The van der Waals surface area contributed by atoms with Crippen LogP contribution >= 0.6 is 15.9 Å². The van der Waals surface area contributed by atoms with Crippen molar-refractivity contribution in [3.05, 3.63) is 127 Å². The number of amides is 1. The summed E-state index contributed by atoms with van der Waals surface area (Å²) in [6.45, 7) is -0.622. The average Bonchev–Trinajstić information content (AvgIpc) is 3.00. The largest absolute Gasteiger partial charge is 0.476 e. The molecule has 1 amide bonds. The zero-order valence-corrected chi connectivity index (χ0v) is 24.2. The fraction of sp³-hybridized carbons (Fsp3) is 0.0667. The van der Waals surface area contributed by atoms with Crippen LogP contribution in [0, 0.1) is 15.9 Å². The van der Waals surface area contributed by atoms with E-state index in [9.17, 15) is 37.3 Å². The van der Waals surface area contributed by atoms with Crippen molar-refractivity contribution in [1.82, 2.24) is 9.66 Å². The summed E-state index contributed by atoms with van der Waals surface area (Å²) >= 11 is 3.19. The number of benzene rings is 4. The lowest BCUT2D eigenvalue weighted by atomic mass is 10.1. The molecule has 0 aliphatic rings. The molecule has 0 bridgehead atoms. The molecule has 228 valence electrons. The molecule has 5 rings (SSSR count). The molecule has 0 aliphatic carbocycles. The zero-order valence-electron chi connectivity index (χ0n) is 22.6. The highest BCUT2D eigenvalue weighted by Gasteiger charge is 2.31. The van der Waals surface area contributed by atoms with E-state index in [-0.39, 0.29) is 43.8 Å². The quantitative estimate of drug-likeness (QED) is 0.0830. The summed E-state index contributed by atoms with van der Waals surface area (Å²) in [6.07, 6.45) is -3.56. The first-order chi connectivity index (χ1) is 21.4. The highest BCUT2D eigenvalue weighted by atomic mass is 79.9. The van der Waals surface area contributed by atoms with E-state index in [0.717, 1.165) is 41.2 Å². The van der Waals surface area contributed by atoms with Gasteiger partial charge in [0.15, 0.2) is 12.4 Å². The maximum Gasteiger partial charge on any atom is 0.416 e. The molecule has 1 aromatic heterocycles. The van der Waals surface area contributed by atoms with Crippen LogP contribution in [-0.4, -0.2) is 33.3 Å². The Morgan fingerprint density at radius 2 is 1.80 bits per heavy atom. The third-order valence-corrected chi connectivity index (χ3v) is 6.83. The van der Waals surface area contributed by atoms with Crippen LogP contribution in [-0.2, 0) is 11.0 Å². The molecule has 0 fully saturated rings. The number of hydrogen-bond acceptors (Lipinski definition) is 7. The smallest absolute Gasteiger partial charge is 0.416 e. The third-order valence-electron chi connectivity index (χ3n) is 6.24. The van der Waals surface area contributed by atoms with Gasteiger partial charge in [0.05, 0.1) is 32.1 Å². The number of aromatic nitrogens is 2. The Kier molecular flexibility index (Phi) is 8.72. The number of para-hydroxylation sites is 1. The van der Waals surface area contributed by atoms with Gasteiger partial charge in [0.25, 0.3) is 11.5 Å². The highest BCUT2D eigenvalue weighted by Crippen LogP contribution is 2.36. The summed E-state index contributed by atoms with van der Waals surface area (Å²) in [6, 6.07) is 17.8. The summed E-state index contributed by atoms with van der Waals surface area (Å²) in [5.41, 5.74) is -1.63. The lowest BCUT2D eigenvalue weighted by Gasteiger charge is -2.12. The second-order valence-electron chi connectivity index (χ2n) is 9.34. The van der Waals surface area contributed by atoms with Crippen LogP contribution in [0.2, 0.25) is 0 Å². The molecule has 1 heterocycles. The highest BCUT2D eigenvalue weighted by molar-refractivity contribution is 9.10. The molecule has 0 aliphatic heterocycles. The number of ether oxygens (including phenoxy) is 1. The Morgan fingerprint density at radius 3 is 2.51 bits per heavy atom. The van der Waals surface area contributed by atoms with Gasteiger partial charge in [-0.2, -0.15) is 22.9 Å². The van der Waals surface area contributed by atoms with Crippen LogP contribution in [0.25, 0.3) is 22.3 Å². The monoisotopic (exact) mass is 683 g/mol. The van der Waals surface area contributed by atoms with Gasteiger partial charge in [-0.15, -0.1) is 0 Å². The van der Waals surface area contributed by atoms with Crippen LogP contribution in [0.3, 0.4) is 0 Å². The second-order valence-corrected chi connectivity index (χ2v) is 10.2. The van der Waals surface area contributed by atoms with Gasteiger partial charge in [-0.1, -0.05) is 24.3 Å². The molecule has 4 aromatic carbocycles. The summed E-state index contributed by atoms with van der Waals surface area (Å²) < 4.78 is 59.7. The molecular weight excluding hydrogens is 666 g/mol. The number of fused-ring (bicyclic) bond motifs is 1. The summed E-state index contributed by atoms with van der Waals surface area (Å²) in [7, 11) is 0. The Labute approximate surface area is 258 Å². The normalized spacial score (nSPS) is 11.6. The number of nitrogens with one attached hydrogen (secondary N) is 1. The molecule has 10 nitrogen and oxygen atoms in total. The second kappa shape index (κ2) is 12.7. The van der Waals surface area contributed by atoms with Gasteiger partial charge in [-0.25, -0.2) is 9.37 Å². The number of nitro groups is 1. The number of carbonyl (C=O) groups excluding carboxylic acids is 1. The Bertz CT molecular complexity index is 2030. The molecule has 15 heteroatoms. The molecule has 0 spiro atoms. The average molecular weight is 684 g/mol. The van der Waals surface area contributed by atoms with Crippen LogP contribution < -0.4 is 15.6 Å². The molecule has 0 saturated carbocycles. The minimum Gasteiger partial charge on any atom is -0.476 e. The Morgan fingerprint density at radius 1 is 1.07 bits per heavy atom. The Hall–Kier alpha value is -5.44. The molecule has 1 N–H and O–H groups in total. The van der Waals surface area contributed by atoms with Crippen molar-refractivity contribution in [2.75, 3.05) is 11.9 Å². The molecular formula is C30H18BrF4N5O5. The first-order valence-electron chi connectivity index (χ1n) is 12.8. The number of nitro benzene ring substituents is 1. The number of nitrogens with zero attached hydrogens (tertiary/aromatic N) is 4. The molecule has 5 aromatic rings. The van der Waals surface area contributed by atoms with Crippen LogP contribution in [0.1, 0.15) is 11.1 Å². The summed E-state index contributed by atoms with van der Waals surface area (Å²) in [4.78, 5) is 41.2. The third kappa shape index (κ3) is 7.04. The van der Waals surface area contributed by atoms with Crippen LogP contribution in [0.15, 0.2) is 99.3 Å². The predicted octanol–water partition coefficient (Wildman–Crippen LogP) is 6.79. The fourth-order valence-electron chi connectivity index (χ4n) is 4.20. The fourth-order valence-corrected chi connectivity index (χ4v) is 4.78. The molecule has 0 unspecified atom stereocenters. The zero-order chi connectivity index (χ0) is 32.3. The van der Waals surface area contributed by atoms with Gasteiger partial charge < -0.3 is 10.1 Å². The topological polar surface area (TPSA) is 129 Å². The van der Waals surface area contributed by atoms with Gasteiger partial charge in [0.1, 0.15) is 5.82 Å². The Balaban J connectivity index is 1.49. The van der Waals surface area contributed by atoms with Crippen molar-refractivity contribution in [3.63, 3.8) is 0 Å². The number of halogens is 5. The first kappa shape index (κ1) is 31.0. The predicted molar refractivity (Wildman–Crippen MR) is 161 cm³/mol. The molecule has 0 atom stereocenters. The molecule has 45 heavy (non-hydrogen) atoms. The van der Waals surface area contributed by atoms with E-state index in [1.807, 2.05) is 0 Å². The van der Waals surface area contributed by atoms with E-state index < -0.39 is 46.2 Å².